The first-order valence-electron chi connectivity index (χ1n) is 9.42. The predicted octanol–water partition coefficient (Wildman–Crippen LogP) is 2.49. The molecule has 0 aliphatic carbocycles. The average molecular weight is 427 g/mol. The molecule has 4 rings (SSSR count). The lowest BCUT2D eigenvalue weighted by Crippen LogP contribution is -2.58. The molecule has 0 spiro atoms. The van der Waals surface area contributed by atoms with Crippen LogP contribution in [0.5, 0.6) is 5.75 Å². The molecule has 1 atom stereocenters. The topological polar surface area (TPSA) is 97.6 Å². The molecule has 0 radical (unpaired) electrons. The van der Waals surface area contributed by atoms with E-state index in [0.29, 0.717) is 36.0 Å². The number of benzene rings is 1. The smallest absolute Gasteiger partial charge is 0.276 e. The lowest BCUT2D eigenvalue weighted by Gasteiger charge is -2.34. The molecule has 1 fully saturated rings. The van der Waals surface area contributed by atoms with Crippen LogP contribution in [0, 0.1) is 0 Å². The molecule has 1 aromatic carbocycles. The second kappa shape index (κ2) is 8.96. The van der Waals surface area contributed by atoms with Crippen LogP contribution in [0.15, 0.2) is 59.4 Å². The molecule has 3 aromatic rings. The van der Waals surface area contributed by atoms with Gasteiger partial charge in [0.15, 0.2) is 11.5 Å². The molecule has 2 aromatic heterocycles. The van der Waals surface area contributed by atoms with Crippen molar-refractivity contribution in [2.45, 2.75) is 19.1 Å². The second-order valence-corrected chi connectivity index (χ2v) is 7.24. The Balaban J connectivity index is 1.45. The number of nitrogens with one attached hydrogen (secondary N) is 1. The first-order valence-corrected chi connectivity index (χ1v) is 9.79. The van der Waals surface area contributed by atoms with E-state index < -0.39 is 6.04 Å². The lowest BCUT2D eigenvalue weighted by molar-refractivity contribution is -0.127. The molecular weight excluding hydrogens is 408 g/mol. The molecule has 154 valence electrons. The summed E-state index contributed by atoms with van der Waals surface area (Å²) in [5.74, 6) is 0.311. The summed E-state index contributed by atoms with van der Waals surface area (Å²) in [6.07, 6.45) is 3.45. The molecule has 0 bridgehead atoms. The van der Waals surface area contributed by atoms with E-state index in [1.165, 1.54) is 23.4 Å². The van der Waals surface area contributed by atoms with Gasteiger partial charge in [-0.15, -0.1) is 0 Å². The molecule has 0 saturated carbocycles. The van der Waals surface area contributed by atoms with Crippen LogP contribution >= 0.6 is 11.6 Å². The molecule has 2 amide bonds. The normalized spacial score (nSPS) is 16.2. The van der Waals surface area contributed by atoms with Crippen molar-refractivity contribution in [1.82, 2.24) is 20.4 Å². The highest BCUT2D eigenvalue weighted by Gasteiger charge is 2.34. The van der Waals surface area contributed by atoms with E-state index in [0.717, 1.165) is 5.56 Å². The zero-order chi connectivity index (χ0) is 20.9. The maximum Gasteiger partial charge on any atom is 0.276 e. The van der Waals surface area contributed by atoms with Crippen molar-refractivity contribution < 1.29 is 18.8 Å². The second-order valence-electron chi connectivity index (χ2n) is 6.80. The number of amides is 2. The minimum atomic E-state index is -0.609. The Kier molecular flexibility index (Phi) is 5.94. The molecule has 30 heavy (non-hydrogen) atoms. The highest BCUT2D eigenvalue weighted by molar-refractivity contribution is 6.30. The molecule has 3 heterocycles. The summed E-state index contributed by atoms with van der Waals surface area (Å²) in [7, 11) is 0. The van der Waals surface area contributed by atoms with Gasteiger partial charge in [-0.05, 0) is 5.56 Å². The van der Waals surface area contributed by atoms with Crippen LogP contribution in [0.3, 0.4) is 0 Å². The summed E-state index contributed by atoms with van der Waals surface area (Å²) in [5, 5.41) is 7.14. The van der Waals surface area contributed by atoms with Gasteiger partial charge in [0.1, 0.15) is 18.4 Å². The van der Waals surface area contributed by atoms with Gasteiger partial charge in [0.2, 0.25) is 5.91 Å². The van der Waals surface area contributed by atoms with Crippen LogP contribution in [-0.4, -0.2) is 46.0 Å². The summed E-state index contributed by atoms with van der Waals surface area (Å²) in [5.41, 5.74) is 1.10. The fourth-order valence-corrected chi connectivity index (χ4v) is 3.42. The Labute approximate surface area is 177 Å². The van der Waals surface area contributed by atoms with Crippen LogP contribution in [-0.2, 0) is 17.8 Å². The Morgan fingerprint density at radius 2 is 2.10 bits per heavy atom. The summed E-state index contributed by atoms with van der Waals surface area (Å²) < 4.78 is 10.8. The number of carbonyl (C=O) groups is 2. The number of hydrogen-bond acceptors (Lipinski definition) is 6. The van der Waals surface area contributed by atoms with Crippen LogP contribution in [0.25, 0.3) is 0 Å². The number of hydrogen-bond donors (Lipinski definition) is 1. The van der Waals surface area contributed by atoms with Crippen molar-refractivity contribution in [3.05, 3.63) is 76.9 Å². The van der Waals surface area contributed by atoms with Gasteiger partial charge < -0.3 is 19.5 Å². The molecule has 1 aliphatic rings. The fourth-order valence-electron chi connectivity index (χ4n) is 3.25. The van der Waals surface area contributed by atoms with Crippen molar-refractivity contribution in [3.8, 4) is 5.75 Å². The number of aromatic nitrogens is 2. The van der Waals surface area contributed by atoms with E-state index >= 15 is 0 Å². The number of carbonyl (C=O) groups excluding carboxylic acids is 2. The van der Waals surface area contributed by atoms with Crippen molar-refractivity contribution in [2.24, 2.45) is 0 Å². The van der Waals surface area contributed by atoms with Gasteiger partial charge in [-0.2, -0.15) is 0 Å². The average Bonchev–Trinajstić information content (AvgIpc) is 3.23. The van der Waals surface area contributed by atoms with E-state index in [4.69, 9.17) is 20.9 Å². The zero-order valence-electron chi connectivity index (χ0n) is 16.0. The SMILES string of the molecule is O=C1NCCN(C(=O)c2cc(COc3cncc(Cl)c3)on2)C1Cc1ccccc1. The highest BCUT2D eigenvalue weighted by atomic mass is 35.5. The monoisotopic (exact) mass is 426 g/mol. The maximum atomic E-state index is 13.0. The van der Waals surface area contributed by atoms with Gasteiger partial charge in [-0.1, -0.05) is 47.1 Å². The summed E-state index contributed by atoms with van der Waals surface area (Å²) in [6, 6.07) is 12.1. The zero-order valence-corrected chi connectivity index (χ0v) is 16.7. The molecule has 1 N–H and O–H groups in total. The third kappa shape index (κ3) is 4.60. The van der Waals surface area contributed by atoms with Crippen molar-refractivity contribution in [3.63, 3.8) is 0 Å². The minimum Gasteiger partial charge on any atom is -0.484 e. The highest BCUT2D eigenvalue weighted by Crippen LogP contribution is 2.19. The van der Waals surface area contributed by atoms with E-state index in [1.807, 2.05) is 30.3 Å². The first-order chi connectivity index (χ1) is 14.6. The van der Waals surface area contributed by atoms with Crippen LogP contribution in [0.1, 0.15) is 21.8 Å². The van der Waals surface area contributed by atoms with E-state index in [2.05, 4.69) is 15.5 Å². The van der Waals surface area contributed by atoms with Gasteiger partial charge in [-0.25, -0.2) is 0 Å². The van der Waals surface area contributed by atoms with E-state index in [9.17, 15) is 9.59 Å². The quantitative estimate of drug-likeness (QED) is 0.650. The standard InChI is InChI=1S/C21H19ClN4O4/c22-15-9-16(12-23-11-15)29-13-17-10-18(25-30-17)21(28)26-7-6-24-20(27)19(26)8-14-4-2-1-3-5-14/h1-5,9-12,19H,6-8,13H2,(H,24,27). The summed E-state index contributed by atoms with van der Waals surface area (Å²) >= 11 is 5.88. The van der Waals surface area contributed by atoms with Crippen molar-refractivity contribution in [1.29, 1.82) is 0 Å². The number of halogens is 1. The minimum absolute atomic E-state index is 0.0657. The lowest BCUT2D eigenvalue weighted by atomic mass is 10.0. The Bertz CT molecular complexity index is 1040. The largest absolute Gasteiger partial charge is 0.484 e. The van der Waals surface area contributed by atoms with Gasteiger partial charge in [-0.3, -0.25) is 14.6 Å². The van der Waals surface area contributed by atoms with Crippen molar-refractivity contribution in [2.75, 3.05) is 13.1 Å². The Hall–Kier alpha value is -3.39. The summed E-state index contributed by atoms with van der Waals surface area (Å²) in [4.78, 5) is 31.0. The molecule has 1 aliphatic heterocycles. The number of rotatable bonds is 6. The third-order valence-corrected chi connectivity index (χ3v) is 4.91. The predicted molar refractivity (Wildman–Crippen MR) is 108 cm³/mol. The Morgan fingerprint density at radius 1 is 1.27 bits per heavy atom. The first kappa shape index (κ1) is 19.9. The van der Waals surface area contributed by atoms with Gasteiger partial charge in [0.05, 0.1) is 11.2 Å². The van der Waals surface area contributed by atoms with E-state index in [-0.39, 0.29) is 24.1 Å². The van der Waals surface area contributed by atoms with Gasteiger partial charge in [0, 0.05) is 37.8 Å². The van der Waals surface area contributed by atoms with Crippen molar-refractivity contribution >= 4 is 23.4 Å². The fraction of sp³-hybridized carbons (Fsp3) is 0.238. The molecular formula is C21H19ClN4O4. The summed E-state index contributed by atoms with van der Waals surface area (Å²) in [6.45, 7) is 0.858. The van der Waals surface area contributed by atoms with Crippen LogP contribution in [0.4, 0.5) is 0 Å². The third-order valence-electron chi connectivity index (χ3n) is 4.70. The molecule has 1 unspecified atom stereocenters. The Morgan fingerprint density at radius 3 is 2.90 bits per heavy atom. The molecule has 9 heteroatoms. The number of piperazine rings is 1. The van der Waals surface area contributed by atoms with Gasteiger partial charge >= 0.3 is 0 Å². The van der Waals surface area contributed by atoms with Crippen LogP contribution in [0.2, 0.25) is 5.02 Å². The number of ether oxygens (including phenoxy) is 1. The van der Waals surface area contributed by atoms with E-state index in [1.54, 1.807) is 6.07 Å². The van der Waals surface area contributed by atoms with Crippen LogP contribution < -0.4 is 10.1 Å². The number of pyridine rings is 1. The number of nitrogens with zero attached hydrogens (tertiary/aromatic N) is 3. The molecule has 1 saturated heterocycles. The maximum absolute atomic E-state index is 13.0. The van der Waals surface area contributed by atoms with Gasteiger partial charge in [0.25, 0.3) is 5.91 Å². The molecule has 8 nitrogen and oxygen atoms in total.